The molecule has 0 bridgehead atoms. The Labute approximate surface area is 136 Å². The number of ether oxygens (including phenoxy) is 1. The third kappa shape index (κ3) is 7.44. The van der Waals surface area contributed by atoms with Crippen LogP contribution in [0.15, 0.2) is 24.3 Å². The van der Waals surface area contributed by atoms with Gasteiger partial charge in [0, 0.05) is 17.8 Å². The Balaban J connectivity index is 2.53. The average Bonchev–Trinajstić information content (AvgIpc) is 2.44. The van der Waals surface area contributed by atoms with Gasteiger partial charge in [0.2, 0.25) is 0 Å². The van der Waals surface area contributed by atoms with Crippen molar-refractivity contribution in [3.8, 4) is 0 Å². The van der Waals surface area contributed by atoms with Crippen LogP contribution in [0, 0.1) is 5.41 Å². The molecule has 6 heteroatoms. The quantitative estimate of drug-likeness (QED) is 0.788. The molecule has 0 aliphatic carbocycles. The highest BCUT2D eigenvalue weighted by Gasteiger charge is 2.18. The average molecular weight is 320 g/mol. The number of amides is 2. The zero-order valence-electron chi connectivity index (χ0n) is 14.1. The van der Waals surface area contributed by atoms with Crippen LogP contribution in [0.4, 0.5) is 5.69 Å². The Hall–Kier alpha value is -2.37. The molecule has 0 saturated heterocycles. The van der Waals surface area contributed by atoms with E-state index in [9.17, 15) is 14.4 Å². The number of esters is 1. The summed E-state index contributed by atoms with van der Waals surface area (Å²) in [5.74, 6) is -1.07. The van der Waals surface area contributed by atoms with Gasteiger partial charge in [-0.05, 0) is 30.5 Å². The zero-order valence-corrected chi connectivity index (χ0v) is 14.1. The second-order valence-corrected chi connectivity index (χ2v) is 6.39. The van der Waals surface area contributed by atoms with Gasteiger partial charge >= 0.3 is 5.97 Å². The van der Waals surface area contributed by atoms with Crippen LogP contribution in [0.5, 0.6) is 0 Å². The van der Waals surface area contributed by atoms with E-state index in [-0.39, 0.29) is 24.3 Å². The van der Waals surface area contributed by atoms with E-state index in [0.29, 0.717) is 17.8 Å². The summed E-state index contributed by atoms with van der Waals surface area (Å²) in [6.07, 6.45) is 0.243. The second-order valence-electron chi connectivity index (χ2n) is 6.39. The standard InChI is InChI=1S/C17H24N2O4/c1-5-18-16(22)12-7-6-8-13(9-12)19-14(20)11-23-15(21)10-17(2,3)4/h6-9H,5,10-11H2,1-4H3,(H,18,22)(H,19,20). The largest absolute Gasteiger partial charge is 0.456 e. The molecule has 23 heavy (non-hydrogen) atoms. The molecule has 0 fully saturated rings. The predicted octanol–water partition coefficient (Wildman–Crippen LogP) is 2.35. The maximum Gasteiger partial charge on any atom is 0.306 e. The Morgan fingerprint density at radius 3 is 2.48 bits per heavy atom. The minimum atomic E-state index is -0.444. The molecular weight excluding hydrogens is 296 g/mol. The molecule has 0 aromatic heterocycles. The lowest BCUT2D eigenvalue weighted by atomic mass is 9.92. The van der Waals surface area contributed by atoms with Gasteiger partial charge in [0.15, 0.2) is 6.61 Å². The smallest absolute Gasteiger partial charge is 0.306 e. The molecule has 126 valence electrons. The summed E-state index contributed by atoms with van der Waals surface area (Å²) in [5.41, 5.74) is 0.745. The summed E-state index contributed by atoms with van der Waals surface area (Å²) >= 11 is 0. The molecule has 0 aliphatic rings. The highest BCUT2D eigenvalue weighted by molar-refractivity contribution is 5.97. The first-order valence-electron chi connectivity index (χ1n) is 7.55. The van der Waals surface area contributed by atoms with Crippen molar-refractivity contribution in [2.75, 3.05) is 18.5 Å². The number of nitrogens with one attached hydrogen (secondary N) is 2. The van der Waals surface area contributed by atoms with Gasteiger partial charge in [0.1, 0.15) is 0 Å². The Bertz CT molecular complexity index is 576. The van der Waals surface area contributed by atoms with E-state index in [0.717, 1.165) is 0 Å². The van der Waals surface area contributed by atoms with Crippen molar-refractivity contribution in [1.29, 1.82) is 0 Å². The number of anilines is 1. The van der Waals surface area contributed by atoms with Gasteiger partial charge in [-0.3, -0.25) is 14.4 Å². The van der Waals surface area contributed by atoms with E-state index < -0.39 is 11.9 Å². The summed E-state index contributed by atoms with van der Waals surface area (Å²) in [6.45, 7) is 7.76. The van der Waals surface area contributed by atoms with Crippen molar-refractivity contribution in [2.45, 2.75) is 34.1 Å². The first-order chi connectivity index (χ1) is 10.7. The predicted molar refractivity (Wildman–Crippen MR) is 88.1 cm³/mol. The second kappa shape index (κ2) is 8.31. The van der Waals surface area contributed by atoms with Gasteiger partial charge in [-0.2, -0.15) is 0 Å². The van der Waals surface area contributed by atoms with Crippen molar-refractivity contribution >= 4 is 23.5 Å². The van der Waals surface area contributed by atoms with Crippen LogP contribution >= 0.6 is 0 Å². The molecular formula is C17H24N2O4. The van der Waals surface area contributed by atoms with E-state index in [1.165, 1.54) is 0 Å². The Morgan fingerprint density at radius 1 is 1.17 bits per heavy atom. The van der Waals surface area contributed by atoms with Crippen molar-refractivity contribution in [3.05, 3.63) is 29.8 Å². The molecule has 2 amide bonds. The summed E-state index contributed by atoms with van der Waals surface area (Å²) in [6, 6.07) is 6.56. The van der Waals surface area contributed by atoms with Gasteiger partial charge in [-0.15, -0.1) is 0 Å². The molecule has 0 unspecified atom stereocenters. The van der Waals surface area contributed by atoms with Gasteiger partial charge in [0.25, 0.3) is 11.8 Å². The van der Waals surface area contributed by atoms with E-state index in [1.54, 1.807) is 24.3 Å². The van der Waals surface area contributed by atoms with Crippen LogP contribution in [-0.4, -0.2) is 30.9 Å². The summed E-state index contributed by atoms with van der Waals surface area (Å²) in [5, 5.41) is 5.28. The van der Waals surface area contributed by atoms with Gasteiger partial charge < -0.3 is 15.4 Å². The first-order valence-corrected chi connectivity index (χ1v) is 7.55. The fourth-order valence-corrected chi connectivity index (χ4v) is 1.83. The lowest BCUT2D eigenvalue weighted by Crippen LogP contribution is -2.24. The molecule has 2 N–H and O–H groups in total. The molecule has 0 aliphatic heterocycles. The Kier molecular flexibility index (Phi) is 6.75. The highest BCUT2D eigenvalue weighted by atomic mass is 16.5. The number of hydrogen-bond acceptors (Lipinski definition) is 4. The van der Waals surface area contributed by atoms with Crippen LogP contribution in [-0.2, 0) is 14.3 Å². The number of carbonyl (C=O) groups is 3. The van der Waals surface area contributed by atoms with Crippen LogP contribution < -0.4 is 10.6 Å². The number of carbonyl (C=O) groups excluding carboxylic acids is 3. The Morgan fingerprint density at radius 2 is 1.87 bits per heavy atom. The molecule has 0 radical (unpaired) electrons. The third-order valence-corrected chi connectivity index (χ3v) is 2.78. The monoisotopic (exact) mass is 320 g/mol. The highest BCUT2D eigenvalue weighted by Crippen LogP contribution is 2.18. The topological polar surface area (TPSA) is 84.5 Å². The van der Waals surface area contributed by atoms with Crippen molar-refractivity contribution in [3.63, 3.8) is 0 Å². The lowest BCUT2D eigenvalue weighted by Gasteiger charge is -2.16. The van der Waals surface area contributed by atoms with E-state index in [2.05, 4.69) is 10.6 Å². The normalized spacial score (nSPS) is 10.8. The number of benzene rings is 1. The molecule has 1 rings (SSSR count). The van der Waals surface area contributed by atoms with E-state index in [4.69, 9.17) is 4.74 Å². The van der Waals surface area contributed by atoms with Crippen LogP contribution in [0.3, 0.4) is 0 Å². The molecule has 0 spiro atoms. The molecule has 6 nitrogen and oxygen atoms in total. The fourth-order valence-electron chi connectivity index (χ4n) is 1.83. The van der Waals surface area contributed by atoms with E-state index in [1.807, 2.05) is 27.7 Å². The molecule has 0 atom stereocenters. The lowest BCUT2D eigenvalue weighted by molar-refractivity contribution is -0.149. The molecule has 1 aromatic carbocycles. The first kappa shape index (κ1) is 18.7. The SMILES string of the molecule is CCNC(=O)c1cccc(NC(=O)COC(=O)CC(C)(C)C)c1. The van der Waals surface area contributed by atoms with Gasteiger partial charge in [-0.1, -0.05) is 26.8 Å². The van der Waals surface area contributed by atoms with Crippen LogP contribution in [0.1, 0.15) is 44.5 Å². The van der Waals surface area contributed by atoms with Crippen molar-refractivity contribution in [1.82, 2.24) is 5.32 Å². The minimum absolute atomic E-state index is 0.186. The maximum absolute atomic E-state index is 11.8. The summed E-state index contributed by atoms with van der Waals surface area (Å²) < 4.78 is 4.94. The van der Waals surface area contributed by atoms with Crippen LogP contribution in [0.2, 0.25) is 0 Å². The fraction of sp³-hybridized carbons (Fsp3) is 0.471. The molecule has 1 aromatic rings. The maximum atomic E-state index is 11.8. The van der Waals surface area contributed by atoms with Crippen LogP contribution in [0.25, 0.3) is 0 Å². The summed E-state index contributed by atoms with van der Waals surface area (Å²) in [7, 11) is 0. The summed E-state index contributed by atoms with van der Waals surface area (Å²) in [4.78, 5) is 35.1. The van der Waals surface area contributed by atoms with E-state index >= 15 is 0 Å². The minimum Gasteiger partial charge on any atom is -0.456 e. The molecule has 0 saturated carbocycles. The third-order valence-electron chi connectivity index (χ3n) is 2.78. The number of rotatable bonds is 6. The van der Waals surface area contributed by atoms with Crippen molar-refractivity contribution < 1.29 is 19.1 Å². The van der Waals surface area contributed by atoms with Gasteiger partial charge in [0.05, 0.1) is 6.42 Å². The molecule has 0 heterocycles. The van der Waals surface area contributed by atoms with Crippen molar-refractivity contribution in [2.24, 2.45) is 5.41 Å². The zero-order chi connectivity index (χ0) is 17.5. The number of hydrogen-bond donors (Lipinski definition) is 2. The van der Waals surface area contributed by atoms with Gasteiger partial charge in [-0.25, -0.2) is 0 Å².